The van der Waals surface area contributed by atoms with Crippen LogP contribution in [0.1, 0.15) is 18.4 Å². The van der Waals surface area contributed by atoms with E-state index in [1.165, 1.54) is 6.07 Å². The predicted molar refractivity (Wildman–Crippen MR) is 61.9 cm³/mol. The van der Waals surface area contributed by atoms with E-state index in [-0.39, 0.29) is 5.82 Å². The summed E-state index contributed by atoms with van der Waals surface area (Å²) in [5.74, 6) is -0.158. The molecule has 2 nitrogen and oxygen atoms in total. The highest BCUT2D eigenvalue weighted by atomic mass is 79.9. The smallest absolute Gasteiger partial charge is 0.127 e. The van der Waals surface area contributed by atoms with Crippen LogP contribution < -0.4 is 11.1 Å². The van der Waals surface area contributed by atoms with Crippen molar-refractivity contribution in [1.29, 1.82) is 0 Å². The molecule has 0 unspecified atom stereocenters. The minimum absolute atomic E-state index is 0.158. The van der Waals surface area contributed by atoms with Crippen molar-refractivity contribution in [1.82, 2.24) is 5.32 Å². The Morgan fingerprint density at radius 3 is 2.87 bits per heavy atom. The SMILES string of the molecule is NC1CC(NCc2cc(Br)ccc2F)C1. The first-order valence-corrected chi connectivity index (χ1v) is 5.87. The molecular formula is C11H14BrFN2. The quantitative estimate of drug-likeness (QED) is 0.885. The van der Waals surface area contributed by atoms with E-state index in [1.54, 1.807) is 12.1 Å². The first-order chi connectivity index (χ1) is 7.15. The zero-order valence-corrected chi connectivity index (χ0v) is 9.93. The lowest BCUT2D eigenvalue weighted by atomic mass is 9.87. The van der Waals surface area contributed by atoms with Gasteiger partial charge in [0.2, 0.25) is 0 Å². The number of nitrogens with one attached hydrogen (secondary N) is 1. The second-order valence-corrected chi connectivity index (χ2v) is 4.96. The Hall–Kier alpha value is -0.450. The molecule has 0 atom stereocenters. The van der Waals surface area contributed by atoms with Crippen LogP contribution in [0.2, 0.25) is 0 Å². The van der Waals surface area contributed by atoms with Crippen molar-refractivity contribution >= 4 is 15.9 Å². The maximum Gasteiger partial charge on any atom is 0.127 e. The van der Waals surface area contributed by atoms with Crippen LogP contribution >= 0.6 is 15.9 Å². The van der Waals surface area contributed by atoms with Crippen LogP contribution in [0.15, 0.2) is 22.7 Å². The molecule has 3 N–H and O–H groups in total. The Kier molecular flexibility index (Phi) is 3.38. The molecule has 1 saturated carbocycles. The summed E-state index contributed by atoms with van der Waals surface area (Å²) in [5.41, 5.74) is 6.37. The minimum atomic E-state index is -0.158. The maximum absolute atomic E-state index is 13.3. The number of nitrogens with two attached hydrogens (primary N) is 1. The predicted octanol–water partition coefficient (Wildman–Crippen LogP) is 2.17. The highest BCUT2D eigenvalue weighted by molar-refractivity contribution is 9.10. The van der Waals surface area contributed by atoms with E-state index in [9.17, 15) is 4.39 Å². The van der Waals surface area contributed by atoms with E-state index in [1.807, 2.05) is 0 Å². The molecule has 1 aliphatic carbocycles. The monoisotopic (exact) mass is 272 g/mol. The Bertz CT molecular complexity index is 350. The molecule has 0 saturated heterocycles. The lowest BCUT2D eigenvalue weighted by molar-refractivity contribution is 0.289. The largest absolute Gasteiger partial charge is 0.328 e. The standard InChI is InChI=1S/C11H14BrFN2/c12-8-1-2-11(13)7(3-8)6-15-10-4-9(14)5-10/h1-3,9-10,15H,4-6,14H2. The van der Waals surface area contributed by atoms with Gasteiger partial charge in [-0.1, -0.05) is 15.9 Å². The lowest BCUT2D eigenvalue weighted by Gasteiger charge is -2.33. The van der Waals surface area contributed by atoms with Crippen molar-refractivity contribution < 1.29 is 4.39 Å². The van der Waals surface area contributed by atoms with Crippen LogP contribution in [-0.4, -0.2) is 12.1 Å². The Labute approximate surface area is 97.2 Å². The molecule has 0 aliphatic heterocycles. The molecule has 0 spiro atoms. The summed E-state index contributed by atoms with van der Waals surface area (Å²) in [6.07, 6.45) is 1.99. The topological polar surface area (TPSA) is 38.0 Å². The summed E-state index contributed by atoms with van der Waals surface area (Å²) < 4.78 is 14.2. The third kappa shape index (κ3) is 2.77. The summed E-state index contributed by atoms with van der Waals surface area (Å²) in [4.78, 5) is 0. The maximum atomic E-state index is 13.3. The van der Waals surface area contributed by atoms with Crippen molar-refractivity contribution in [2.45, 2.75) is 31.5 Å². The molecule has 0 radical (unpaired) electrons. The molecule has 82 valence electrons. The van der Waals surface area contributed by atoms with Gasteiger partial charge in [0, 0.05) is 28.7 Å². The van der Waals surface area contributed by atoms with Crippen molar-refractivity contribution in [2.24, 2.45) is 5.73 Å². The third-order valence-corrected chi connectivity index (χ3v) is 3.26. The van der Waals surface area contributed by atoms with Gasteiger partial charge in [-0.15, -0.1) is 0 Å². The molecular weight excluding hydrogens is 259 g/mol. The fraction of sp³-hybridized carbons (Fsp3) is 0.455. The highest BCUT2D eigenvalue weighted by Gasteiger charge is 2.25. The van der Waals surface area contributed by atoms with E-state index >= 15 is 0 Å². The number of hydrogen-bond donors (Lipinski definition) is 2. The summed E-state index contributed by atoms with van der Waals surface area (Å²) in [5, 5.41) is 3.29. The minimum Gasteiger partial charge on any atom is -0.328 e. The van der Waals surface area contributed by atoms with E-state index in [0.717, 1.165) is 17.3 Å². The molecule has 1 aromatic rings. The molecule has 1 fully saturated rings. The molecule has 4 heteroatoms. The van der Waals surface area contributed by atoms with E-state index in [0.29, 0.717) is 24.2 Å². The molecule has 1 aromatic carbocycles. The Morgan fingerprint density at radius 1 is 1.47 bits per heavy atom. The van der Waals surface area contributed by atoms with E-state index < -0.39 is 0 Å². The lowest BCUT2D eigenvalue weighted by Crippen LogP contribution is -2.48. The van der Waals surface area contributed by atoms with Crippen molar-refractivity contribution in [3.05, 3.63) is 34.1 Å². The van der Waals surface area contributed by atoms with Crippen LogP contribution in [0.3, 0.4) is 0 Å². The van der Waals surface area contributed by atoms with Gasteiger partial charge < -0.3 is 11.1 Å². The normalized spacial score (nSPS) is 25.0. The van der Waals surface area contributed by atoms with Gasteiger partial charge in [0.15, 0.2) is 0 Å². The highest BCUT2D eigenvalue weighted by Crippen LogP contribution is 2.19. The van der Waals surface area contributed by atoms with Crippen LogP contribution in [0.5, 0.6) is 0 Å². The first-order valence-electron chi connectivity index (χ1n) is 5.08. The Balaban J connectivity index is 1.90. The number of hydrogen-bond acceptors (Lipinski definition) is 2. The van der Waals surface area contributed by atoms with E-state index in [2.05, 4.69) is 21.2 Å². The molecule has 0 heterocycles. The molecule has 0 bridgehead atoms. The van der Waals surface area contributed by atoms with Crippen molar-refractivity contribution in [2.75, 3.05) is 0 Å². The summed E-state index contributed by atoms with van der Waals surface area (Å²) in [6, 6.07) is 5.78. The van der Waals surface area contributed by atoms with Gasteiger partial charge in [-0.05, 0) is 31.0 Å². The second kappa shape index (κ2) is 4.60. The number of benzene rings is 1. The fourth-order valence-corrected chi connectivity index (χ4v) is 2.17. The summed E-state index contributed by atoms with van der Waals surface area (Å²) >= 11 is 3.33. The van der Waals surface area contributed by atoms with E-state index in [4.69, 9.17) is 5.73 Å². The molecule has 2 rings (SSSR count). The van der Waals surface area contributed by atoms with Crippen molar-refractivity contribution in [3.8, 4) is 0 Å². The van der Waals surface area contributed by atoms with Gasteiger partial charge in [-0.3, -0.25) is 0 Å². The van der Waals surface area contributed by atoms with Gasteiger partial charge in [0.05, 0.1) is 0 Å². The zero-order chi connectivity index (χ0) is 10.8. The van der Waals surface area contributed by atoms with Crippen LogP contribution in [-0.2, 0) is 6.54 Å². The first kappa shape index (κ1) is 11.0. The van der Waals surface area contributed by atoms with Crippen molar-refractivity contribution in [3.63, 3.8) is 0 Å². The summed E-state index contributed by atoms with van der Waals surface area (Å²) in [6.45, 7) is 0.572. The average molecular weight is 273 g/mol. The van der Waals surface area contributed by atoms with Gasteiger partial charge in [0.1, 0.15) is 5.82 Å². The molecule has 15 heavy (non-hydrogen) atoms. The molecule has 1 aliphatic rings. The second-order valence-electron chi connectivity index (χ2n) is 4.05. The van der Waals surface area contributed by atoms with Gasteiger partial charge >= 0.3 is 0 Å². The van der Waals surface area contributed by atoms with Gasteiger partial charge in [0.25, 0.3) is 0 Å². The average Bonchev–Trinajstić information content (AvgIpc) is 2.16. The fourth-order valence-electron chi connectivity index (χ4n) is 1.76. The number of halogens is 2. The van der Waals surface area contributed by atoms with Crippen LogP contribution in [0.4, 0.5) is 4.39 Å². The number of rotatable bonds is 3. The third-order valence-electron chi connectivity index (χ3n) is 2.76. The van der Waals surface area contributed by atoms with Gasteiger partial charge in [-0.2, -0.15) is 0 Å². The van der Waals surface area contributed by atoms with Gasteiger partial charge in [-0.25, -0.2) is 4.39 Å². The zero-order valence-electron chi connectivity index (χ0n) is 8.34. The molecule has 0 aromatic heterocycles. The Morgan fingerprint density at radius 2 is 2.20 bits per heavy atom. The van der Waals surface area contributed by atoms with Crippen LogP contribution in [0, 0.1) is 5.82 Å². The summed E-state index contributed by atoms with van der Waals surface area (Å²) in [7, 11) is 0. The van der Waals surface area contributed by atoms with Crippen LogP contribution in [0.25, 0.3) is 0 Å². The molecule has 0 amide bonds.